The fourth-order valence-corrected chi connectivity index (χ4v) is 1.66. The van der Waals surface area contributed by atoms with E-state index in [-0.39, 0.29) is 20.9 Å². The lowest BCUT2D eigenvalue weighted by atomic mass is 10.1. The van der Waals surface area contributed by atoms with E-state index in [1.54, 1.807) is 6.07 Å². The number of aromatic amines is 1. The number of aromatic nitrogens is 1. The summed E-state index contributed by atoms with van der Waals surface area (Å²) in [6.07, 6.45) is 0. The summed E-state index contributed by atoms with van der Waals surface area (Å²) in [7, 11) is 0. The van der Waals surface area contributed by atoms with Gasteiger partial charge in [0.2, 0.25) is 0 Å². The first-order valence-electron chi connectivity index (χ1n) is 4.15. The zero-order valence-electron chi connectivity index (χ0n) is 7.64. The summed E-state index contributed by atoms with van der Waals surface area (Å²) in [5, 5.41) is 8.60. The van der Waals surface area contributed by atoms with E-state index in [0.717, 1.165) is 12.1 Å². The van der Waals surface area contributed by atoms with Gasteiger partial charge in [0, 0.05) is 5.39 Å². The Balaban J connectivity index is 2.99. The van der Waals surface area contributed by atoms with E-state index in [1.165, 1.54) is 0 Å². The number of hydrogen-bond acceptors (Lipinski definition) is 2. The summed E-state index contributed by atoms with van der Waals surface area (Å²) in [5.41, 5.74) is -0.872. The topological polar surface area (TPSA) is 56.6 Å². The Kier molecular flexibility index (Phi) is 2.48. The SMILES string of the molecule is N#Cc1cc2c(F)c(Br)c(F)cc2[nH]c1=O. The van der Waals surface area contributed by atoms with Crippen LogP contribution in [0.3, 0.4) is 0 Å². The maximum atomic E-state index is 13.6. The molecule has 0 aliphatic heterocycles. The van der Waals surface area contributed by atoms with Crippen molar-refractivity contribution in [3.05, 3.63) is 44.2 Å². The van der Waals surface area contributed by atoms with Gasteiger partial charge >= 0.3 is 0 Å². The molecule has 0 spiro atoms. The average molecular weight is 285 g/mol. The van der Waals surface area contributed by atoms with Gasteiger partial charge in [-0.3, -0.25) is 4.79 Å². The number of benzene rings is 1. The molecule has 6 heteroatoms. The summed E-state index contributed by atoms with van der Waals surface area (Å²) >= 11 is 2.74. The van der Waals surface area contributed by atoms with Gasteiger partial charge in [0.15, 0.2) is 0 Å². The van der Waals surface area contributed by atoms with Crippen LogP contribution in [0.1, 0.15) is 5.56 Å². The minimum Gasteiger partial charge on any atom is -0.321 e. The largest absolute Gasteiger partial charge is 0.321 e. The Morgan fingerprint density at radius 2 is 2.06 bits per heavy atom. The van der Waals surface area contributed by atoms with Crippen LogP contribution in [0.5, 0.6) is 0 Å². The van der Waals surface area contributed by atoms with E-state index in [4.69, 9.17) is 5.26 Å². The lowest BCUT2D eigenvalue weighted by Crippen LogP contribution is -2.10. The summed E-state index contributed by atoms with van der Waals surface area (Å²) in [5.74, 6) is -1.66. The molecule has 0 bridgehead atoms. The average Bonchev–Trinajstić information content (AvgIpc) is 2.26. The zero-order valence-corrected chi connectivity index (χ0v) is 9.23. The smallest absolute Gasteiger partial charge is 0.266 e. The van der Waals surface area contributed by atoms with Gasteiger partial charge in [-0.1, -0.05) is 0 Å². The quantitative estimate of drug-likeness (QED) is 0.756. The van der Waals surface area contributed by atoms with Crippen LogP contribution in [0.2, 0.25) is 0 Å². The molecule has 0 fully saturated rings. The fraction of sp³-hybridized carbons (Fsp3) is 0. The van der Waals surface area contributed by atoms with Gasteiger partial charge in [0.1, 0.15) is 23.3 Å². The van der Waals surface area contributed by atoms with E-state index in [2.05, 4.69) is 20.9 Å². The van der Waals surface area contributed by atoms with E-state index < -0.39 is 17.2 Å². The van der Waals surface area contributed by atoms with Crippen LogP contribution in [0, 0.1) is 23.0 Å². The summed E-state index contributed by atoms with van der Waals surface area (Å²) in [6.45, 7) is 0. The molecule has 2 aromatic rings. The number of hydrogen-bond donors (Lipinski definition) is 1. The van der Waals surface area contributed by atoms with E-state index in [9.17, 15) is 13.6 Å². The van der Waals surface area contributed by atoms with Crippen molar-refractivity contribution in [1.29, 1.82) is 5.26 Å². The van der Waals surface area contributed by atoms with Gasteiger partial charge in [-0.2, -0.15) is 5.26 Å². The Bertz CT molecular complexity index is 688. The Hall–Kier alpha value is -1.74. The maximum Gasteiger partial charge on any atom is 0.266 e. The molecule has 0 radical (unpaired) electrons. The van der Waals surface area contributed by atoms with Crippen molar-refractivity contribution in [1.82, 2.24) is 4.98 Å². The Morgan fingerprint density at radius 1 is 1.38 bits per heavy atom. The minimum absolute atomic E-state index is 0.00979. The van der Waals surface area contributed by atoms with Crippen LogP contribution in [-0.2, 0) is 0 Å². The van der Waals surface area contributed by atoms with Crippen LogP contribution in [0.15, 0.2) is 21.4 Å². The molecule has 0 aliphatic carbocycles. The molecule has 3 nitrogen and oxygen atoms in total. The summed E-state index contributed by atoms with van der Waals surface area (Å²) in [6, 6.07) is 3.71. The molecule has 0 aliphatic rings. The van der Waals surface area contributed by atoms with E-state index in [1.807, 2.05) is 0 Å². The van der Waals surface area contributed by atoms with Crippen LogP contribution in [0.25, 0.3) is 10.9 Å². The first-order chi connectivity index (χ1) is 7.54. The van der Waals surface area contributed by atoms with Gasteiger partial charge in [0.25, 0.3) is 5.56 Å². The molecule has 1 aromatic heterocycles. The Labute approximate surface area is 96.5 Å². The highest BCUT2D eigenvalue weighted by atomic mass is 79.9. The second kappa shape index (κ2) is 3.68. The second-order valence-corrected chi connectivity index (χ2v) is 3.86. The van der Waals surface area contributed by atoms with Crippen molar-refractivity contribution >= 4 is 26.8 Å². The number of rotatable bonds is 0. The summed E-state index contributed by atoms with van der Waals surface area (Å²) < 4.78 is 26.4. The third-order valence-electron chi connectivity index (χ3n) is 2.10. The molecule has 1 N–H and O–H groups in total. The normalized spacial score (nSPS) is 10.4. The molecule has 0 atom stereocenters. The second-order valence-electron chi connectivity index (χ2n) is 3.07. The molecular weight excluding hydrogens is 282 g/mol. The van der Waals surface area contributed by atoms with Crippen LogP contribution >= 0.6 is 15.9 Å². The monoisotopic (exact) mass is 284 g/mol. The highest BCUT2D eigenvalue weighted by Crippen LogP contribution is 2.26. The lowest BCUT2D eigenvalue weighted by Gasteiger charge is -2.03. The van der Waals surface area contributed by atoms with Gasteiger partial charge < -0.3 is 4.98 Å². The first-order valence-corrected chi connectivity index (χ1v) is 4.94. The van der Waals surface area contributed by atoms with Gasteiger partial charge in [-0.05, 0) is 28.1 Å². The number of pyridine rings is 1. The molecule has 0 unspecified atom stereocenters. The molecular formula is C10H3BrF2N2O. The van der Waals surface area contributed by atoms with Crippen LogP contribution in [-0.4, -0.2) is 4.98 Å². The van der Waals surface area contributed by atoms with Crippen molar-refractivity contribution in [3.8, 4) is 6.07 Å². The Morgan fingerprint density at radius 3 is 2.69 bits per heavy atom. The van der Waals surface area contributed by atoms with Crippen molar-refractivity contribution in [2.24, 2.45) is 0 Å². The molecule has 1 aromatic carbocycles. The maximum absolute atomic E-state index is 13.6. The highest BCUT2D eigenvalue weighted by Gasteiger charge is 2.13. The van der Waals surface area contributed by atoms with Crippen molar-refractivity contribution in [2.75, 3.05) is 0 Å². The van der Waals surface area contributed by atoms with Crippen molar-refractivity contribution in [3.63, 3.8) is 0 Å². The molecule has 2 rings (SSSR count). The lowest BCUT2D eigenvalue weighted by molar-refractivity contribution is 0.580. The number of H-pyrrole nitrogens is 1. The third-order valence-corrected chi connectivity index (χ3v) is 2.83. The number of nitriles is 1. The predicted molar refractivity (Wildman–Crippen MR) is 56.9 cm³/mol. The summed E-state index contributed by atoms with van der Waals surface area (Å²) in [4.78, 5) is 13.5. The molecule has 1 heterocycles. The number of fused-ring (bicyclic) bond motifs is 1. The third kappa shape index (κ3) is 1.49. The van der Waals surface area contributed by atoms with Crippen molar-refractivity contribution < 1.29 is 8.78 Å². The molecule has 80 valence electrons. The van der Waals surface area contributed by atoms with Crippen molar-refractivity contribution in [2.45, 2.75) is 0 Å². The van der Waals surface area contributed by atoms with Gasteiger partial charge in [0.05, 0.1) is 9.99 Å². The predicted octanol–water partition coefficient (Wildman–Crippen LogP) is 2.44. The van der Waals surface area contributed by atoms with Gasteiger partial charge in [-0.25, -0.2) is 8.78 Å². The molecule has 16 heavy (non-hydrogen) atoms. The van der Waals surface area contributed by atoms with Gasteiger partial charge in [-0.15, -0.1) is 0 Å². The molecule has 0 saturated carbocycles. The van der Waals surface area contributed by atoms with E-state index >= 15 is 0 Å². The number of nitrogens with one attached hydrogen (secondary N) is 1. The minimum atomic E-state index is -0.845. The molecule has 0 saturated heterocycles. The van der Waals surface area contributed by atoms with Crippen LogP contribution in [0.4, 0.5) is 8.78 Å². The fourth-order valence-electron chi connectivity index (χ4n) is 1.34. The standard InChI is InChI=1S/C10H3BrF2N2O/c11-8-6(12)2-7-5(9(8)13)1-4(3-14)10(16)15-7/h1-2H,(H,15,16). The van der Waals surface area contributed by atoms with Crippen LogP contribution < -0.4 is 5.56 Å². The number of halogens is 3. The highest BCUT2D eigenvalue weighted by molar-refractivity contribution is 9.10. The number of nitrogens with zero attached hydrogens (tertiary/aromatic N) is 1. The zero-order chi connectivity index (χ0) is 11.9. The first kappa shape index (κ1) is 10.8. The molecule has 0 amide bonds. The van der Waals surface area contributed by atoms with E-state index in [0.29, 0.717) is 0 Å².